The van der Waals surface area contributed by atoms with Gasteiger partial charge in [-0.3, -0.25) is 14.4 Å². The molecule has 0 aliphatic heterocycles. The average Bonchev–Trinajstić information content (AvgIpc) is 2.54. The van der Waals surface area contributed by atoms with Crippen molar-refractivity contribution < 1.29 is 14.4 Å². The van der Waals surface area contributed by atoms with Gasteiger partial charge >= 0.3 is 0 Å². The predicted octanol–water partition coefficient (Wildman–Crippen LogP) is 2.05. The molecule has 0 radical (unpaired) electrons. The molecule has 0 unspecified atom stereocenters. The molecule has 0 aliphatic carbocycles. The van der Waals surface area contributed by atoms with Crippen LogP contribution in [0.15, 0.2) is 18.2 Å². The Labute approximate surface area is 160 Å². The lowest BCUT2D eigenvalue weighted by Gasteiger charge is -2.16. The second-order valence-corrected chi connectivity index (χ2v) is 6.71. The fraction of sp³-hybridized carbons (Fsp3) is 0.500. The van der Waals surface area contributed by atoms with Crippen LogP contribution in [0.2, 0.25) is 0 Å². The van der Waals surface area contributed by atoms with E-state index < -0.39 is 6.04 Å². The van der Waals surface area contributed by atoms with Gasteiger partial charge in [0.1, 0.15) is 0 Å². The number of nitrogens with one attached hydrogen (secondary N) is 3. The molecular weight excluding hydrogens is 356 g/mol. The molecule has 1 aromatic rings. The highest BCUT2D eigenvalue weighted by molar-refractivity contribution is 5.97. The minimum Gasteiger partial charge on any atom is -0.346 e. The van der Waals surface area contributed by atoms with Crippen LogP contribution in [0.25, 0.3) is 0 Å². The zero-order valence-corrected chi connectivity index (χ0v) is 16.7. The van der Waals surface area contributed by atoms with Crippen molar-refractivity contribution in [2.45, 2.75) is 40.7 Å². The summed E-state index contributed by atoms with van der Waals surface area (Å²) in [6, 6.07) is 4.62. The number of amides is 3. The Morgan fingerprint density at radius 2 is 1.65 bits per heavy atom. The molecule has 8 heteroatoms. The smallest absolute Gasteiger partial charge is 0.243 e. The van der Waals surface area contributed by atoms with Crippen molar-refractivity contribution in [3.05, 3.63) is 23.8 Å². The van der Waals surface area contributed by atoms with E-state index in [9.17, 15) is 14.4 Å². The van der Waals surface area contributed by atoms with Gasteiger partial charge in [-0.05, 0) is 30.5 Å². The average molecular weight is 385 g/mol. The summed E-state index contributed by atoms with van der Waals surface area (Å²) in [5, 5.41) is 8.03. The van der Waals surface area contributed by atoms with Crippen LogP contribution in [0.3, 0.4) is 0 Å². The van der Waals surface area contributed by atoms with Gasteiger partial charge in [-0.25, -0.2) is 0 Å². The van der Waals surface area contributed by atoms with Crippen molar-refractivity contribution in [2.24, 2.45) is 17.6 Å². The highest BCUT2D eigenvalue weighted by Gasteiger charge is 2.18. The van der Waals surface area contributed by atoms with E-state index in [4.69, 9.17) is 5.73 Å². The highest BCUT2D eigenvalue weighted by Crippen LogP contribution is 2.20. The minimum atomic E-state index is -0.649. The van der Waals surface area contributed by atoms with Crippen LogP contribution < -0.4 is 21.7 Å². The summed E-state index contributed by atoms with van der Waals surface area (Å²) < 4.78 is 0. The van der Waals surface area contributed by atoms with Gasteiger partial charge in [-0.2, -0.15) is 0 Å². The van der Waals surface area contributed by atoms with Crippen molar-refractivity contribution in [3.63, 3.8) is 0 Å². The molecule has 3 amide bonds. The predicted molar refractivity (Wildman–Crippen MR) is 106 cm³/mol. The molecule has 26 heavy (non-hydrogen) atoms. The number of aryl methyl sites for hydroxylation is 1. The first-order valence-electron chi connectivity index (χ1n) is 8.36. The number of benzene rings is 1. The largest absolute Gasteiger partial charge is 0.346 e. The van der Waals surface area contributed by atoms with Gasteiger partial charge in [0.25, 0.3) is 0 Å². The Bertz CT molecular complexity index is 647. The Hall–Kier alpha value is -2.12. The Kier molecular flexibility index (Phi) is 9.90. The molecule has 0 heterocycles. The van der Waals surface area contributed by atoms with Crippen molar-refractivity contribution in [1.29, 1.82) is 0 Å². The summed E-state index contributed by atoms with van der Waals surface area (Å²) in [4.78, 5) is 35.6. The maximum atomic E-state index is 12.0. The second-order valence-electron chi connectivity index (χ2n) is 6.71. The molecule has 1 atom stereocenters. The van der Waals surface area contributed by atoms with Crippen molar-refractivity contribution >= 4 is 41.5 Å². The number of halogens is 1. The quantitative estimate of drug-likeness (QED) is 0.576. The van der Waals surface area contributed by atoms with Crippen LogP contribution in [0, 0.1) is 18.8 Å². The summed E-state index contributed by atoms with van der Waals surface area (Å²) in [6.45, 7) is 8.96. The van der Waals surface area contributed by atoms with Crippen molar-refractivity contribution in [3.8, 4) is 0 Å². The molecule has 146 valence electrons. The lowest BCUT2D eigenvalue weighted by atomic mass is 10.1. The molecule has 0 saturated carbocycles. The molecular formula is C18H29ClN4O3. The van der Waals surface area contributed by atoms with E-state index in [1.165, 1.54) is 0 Å². The fourth-order valence-electron chi connectivity index (χ4n) is 1.90. The molecule has 0 aliphatic rings. The van der Waals surface area contributed by atoms with E-state index >= 15 is 0 Å². The highest BCUT2D eigenvalue weighted by atomic mass is 35.5. The third-order valence-electron chi connectivity index (χ3n) is 3.75. The summed E-state index contributed by atoms with van der Waals surface area (Å²) in [5.74, 6) is -0.970. The zero-order chi connectivity index (χ0) is 19.1. The van der Waals surface area contributed by atoms with Crippen LogP contribution >= 0.6 is 12.4 Å². The molecule has 5 N–H and O–H groups in total. The Balaban J connectivity index is 0.00000625. The van der Waals surface area contributed by atoms with E-state index in [1.54, 1.807) is 32.0 Å². The van der Waals surface area contributed by atoms with E-state index in [0.717, 1.165) is 5.56 Å². The van der Waals surface area contributed by atoms with E-state index in [-0.39, 0.29) is 48.5 Å². The topological polar surface area (TPSA) is 113 Å². The van der Waals surface area contributed by atoms with Gasteiger partial charge in [-0.1, -0.05) is 33.8 Å². The maximum absolute atomic E-state index is 12.0. The summed E-state index contributed by atoms with van der Waals surface area (Å²) >= 11 is 0. The second kappa shape index (κ2) is 10.8. The first kappa shape index (κ1) is 23.9. The monoisotopic (exact) mass is 384 g/mol. The Morgan fingerprint density at radius 3 is 2.19 bits per heavy atom. The van der Waals surface area contributed by atoms with Crippen molar-refractivity contribution in [1.82, 2.24) is 5.32 Å². The standard InChI is InChI=1S/C18H28N4O3.ClH/c1-10(2)16(19)18(25)20-9-15(23)22-14-8-13(7-6-12(14)5)21-17(24)11(3)4;/h6-8,10-11,16H,9,19H2,1-5H3,(H,20,25)(H,21,24)(H,22,23);1H/t16-;/m0./s1. The normalized spacial score (nSPS) is 11.5. The third-order valence-corrected chi connectivity index (χ3v) is 3.75. The third kappa shape index (κ3) is 7.41. The first-order chi connectivity index (χ1) is 11.6. The van der Waals surface area contributed by atoms with Gasteiger partial charge in [0.15, 0.2) is 0 Å². The van der Waals surface area contributed by atoms with Gasteiger partial charge < -0.3 is 21.7 Å². The van der Waals surface area contributed by atoms with Gasteiger partial charge in [0.2, 0.25) is 17.7 Å². The lowest BCUT2D eigenvalue weighted by Crippen LogP contribution is -2.46. The summed E-state index contributed by atoms with van der Waals surface area (Å²) in [6.07, 6.45) is 0. The van der Waals surface area contributed by atoms with E-state index in [2.05, 4.69) is 16.0 Å². The van der Waals surface area contributed by atoms with Crippen LogP contribution in [-0.4, -0.2) is 30.3 Å². The number of rotatable bonds is 7. The number of nitrogens with two attached hydrogens (primary N) is 1. The van der Waals surface area contributed by atoms with Gasteiger partial charge in [0, 0.05) is 17.3 Å². The number of anilines is 2. The molecule has 7 nitrogen and oxygen atoms in total. The summed E-state index contributed by atoms with van der Waals surface area (Å²) in [7, 11) is 0. The SMILES string of the molecule is Cc1ccc(NC(=O)C(C)C)cc1NC(=O)CNC(=O)[C@@H](N)C(C)C.Cl. The fourth-order valence-corrected chi connectivity index (χ4v) is 1.90. The minimum absolute atomic E-state index is 0. The molecule has 0 bridgehead atoms. The number of hydrogen-bond acceptors (Lipinski definition) is 4. The lowest BCUT2D eigenvalue weighted by molar-refractivity contribution is -0.125. The molecule has 1 aromatic carbocycles. The van der Waals surface area contributed by atoms with Crippen LogP contribution in [-0.2, 0) is 14.4 Å². The first-order valence-corrected chi connectivity index (χ1v) is 8.36. The molecule has 0 aromatic heterocycles. The molecule has 0 spiro atoms. The van der Waals surface area contributed by atoms with Crippen LogP contribution in [0.1, 0.15) is 33.3 Å². The van der Waals surface area contributed by atoms with Crippen LogP contribution in [0.4, 0.5) is 11.4 Å². The van der Waals surface area contributed by atoms with Gasteiger partial charge in [-0.15, -0.1) is 12.4 Å². The van der Waals surface area contributed by atoms with E-state index in [1.807, 2.05) is 20.8 Å². The molecule has 0 saturated heterocycles. The van der Waals surface area contributed by atoms with Gasteiger partial charge in [0.05, 0.1) is 12.6 Å². The Morgan fingerprint density at radius 1 is 1.04 bits per heavy atom. The number of hydrogen-bond donors (Lipinski definition) is 4. The molecule has 0 fully saturated rings. The van der Waals surface area contributed by atoms with Crippen molar-refractivity contribution in [2.75, 3.05) is 17.2 Å². The maximum Gasteiger partial charge on any atom is 0.243 e. The number of carbonyl (C=O) groups is 3. The number of carbonyl (C=O) groups excluding carboxylic acids is 3. The molecule has 1 rings (SSSR count). The van der Waals surface area contributed by atoms with Crippen LogP contribution in [0.5, 0.6) is 0 Å². The summed E-state index contributed by atoms with van der Waals surface area (Å²) in [5.41, 5.74) is 7.76. The van der Waals surface area contributed by atoms with E-state index in [0.29, 0.717) is 11.4 Å². The zero-order valence-electron chi connectivity index (χ0n) is 15.9.